The standard InChI is InChI=1S/C16H26N2O/c1-10-5-6-12(14(19)8-10)16(3,4)13-7-11(2)9-18-15(13)17/h7,9-10,12,14,19H,5-6,8H2,1-4H3,(H2,17,18). The molecule has 0 saturated heterocycles. The summed E-state index contributed by atoms with van der Waals surface area (Å²) in [6, 6.07) is 2.12. The highest BCUT2D eigenvalue weighted by molar-refractivity contribution is 5.46. The Hall–Kier alpha value is -1.09. The van der Waals surface area contributed by atoms with Gasteiger partial charge in [-0.3, -0.25) is 0 Å². The highest BCUT2D eigenvalue weighted by Gasteiger charge is 2.40. The summed E-state index contributed by atoms with van der Waals surface area (Å²) in [6.45, 7) is 8.62. The molecule has 3 atom stereocenters. The van der Waals surface area contributed by atoms with E-state index in [2.05, 4.69) is 31.8 Å². The topological polar surface area (TPSA) is 59.1 Å². The maximum atomic E-state index is 10.4. The van der Waals surface area contributed by atoms with Gasteiger partial charge in [0.25, 0.3) is 0 Å². The van der Waals surface area contributed by atoms with Crippen LogP contribution in [0.5, 0.6) is 0 Å². The number of anilines is 1. The van der Waals surface area contributed by atoms with Crippen LogP contribution < -0.4 is 5.73 Å². The molecule has 1 aliphatic carbocycles. The van der Waals surface area contributed by atoms with Gasteiger partial charge in [-0.2, -0.15) is 0 Å². The molecule has 19 heavy (non-hydrogen) atoms. The first-order chi connectivity index (χ1) is 8.82. The lowest BCUT2D eigenvalue weighted by Gasteiger charge is -2.42. The van der Waals surface area contributed by atoms with Crippen LogP contribution in [0.2, 0.25) is 0 Å². The summed E-state index contributed by atoms with van der Waals surface area (Å²) in [4.78, 5) is 4.28. The van der Waals surface area contributed by atoms with E-state index in [0.29, 0.717) is 11.7 Å². The molecule has 0 radical (unpaired) electrons. The molecule has 3 nitrogen and oxygen atoms in total. The molecule has 3 heteroatoms. The van der Waals surface area contributed by atoms with Crippen molar-refractivity contribution >= 4 is 5.82 Å². The molecule has 0 aliphatic heterocycles. The van der Waals surface area contributed by atoms with E-state index in [1.165, 1.54) is 6.42 Å². The number of hydrogen-bond donors (Lipinski definition) is 2. The Morgan fingerprint density at radius 2 is 2.05 bits per heavy atom. The summed E-state index contributed by atoms with van der Waals surface area (Å²) in [5.74, 6) is 1.48. The molecule has 1 heterocycles. The number of aliphatic hydroxyl groups excluding tert-OH is 1. The minimum absolute atomic E-state index is 0.136. The average molecular weight is 262 g/mol. The fraction of sp³-hybridized carbons (Fsp3) is 0.688. The normalized spacial score (nSPS) is 28.4. The Kier molecular flexibility index (Phi) is 3.86. The lowest BCUT2D eigenvalue weighted by atomic mass is 9.64. The largest absolute Gasteiger partial charge is 0.393 e. The van der Waals surface area contributed by atoms with Crippen LogP contribution >= 0.6 is 0 Å². The first kappa shape index (κ1) is 14.3. The van der Waals surface area contributed by atoms with Gasteiger partial charge in [-0.15, -0.1) is 0 Å². The summed E-state index contributed by atoms with van der Waals surface area (Å²) >= 11 is 0. The Labute approximate surface area is 116 Å². The predicted octanol–water partition coefficient (Wildman–Crippen LogP) is 3.05. The van der Waals surface area contributed by atoms with Gasteiger partial charge in [0.15, 0.2) is 0 Å². The molecule has 1 aromatic rings. The van der Waals surface area contributed by atoms with Gasteiger partial charge in [0, 0.05) is 11.8 Å². The maximum absolute atomic E-state index is 10.4. The smallest absolute Gasteiger partial charge is 0.127 e. The zero-order valence-electron chi connectivity index (χ0n) is 12.5. The molecule has 3 N–H and O–H groups in total. The zero-order valence-corrected chi connectivity index (χ0v) is 12.5. The number of pyridine rings is 1. The van der Waals surface area contributed by atoms with Crippen molar-refractivity contribution in [2.24, 2.45) is 11.8 Å². The maximum Gasteiger partial charge on any atom is 0.127 e. The predicted molar refractivity (Wildman–Crippen MR) is 78.9 cm³/mol. The molecule has 1 saturated carbocycles. The number of aryl methyl sites for hydroxylation is 1. The molecule has 0 spiro atoms. The minimum atomic E-state index is -0.237. The second kappa shape index (κ2) is 5.12. The van der Waals surface area contributed by atoms with Crippen LogP contribution in [0.4, 0.5) is 5.82 Å². The van der Waals surface area contributed by atoms with Crippen molar-refractivity contribution < 1.29 is 5.11 Å². The number of rotatable bonds is 2. The highest BCUT2D eigenvalue weighted by Crippen LogP contribution is 2.43. The lowest BCUT2D eigenvalue weighted by Crippen LogP contribution is -2.41. The van der Waals surface area contributed by atoms with E-state index in [1.54, 1.807) is 6.20 Å². The highest BCUT2D eigenvalue weighted by atomic mass is 16.3. The van der Waals surface area contributed by atoms with Gasteiger partial charge in [-0.05, 0) is 42.6 Å². The van der Waals surface area contributed by atoms with Crippen molar-refractivity contribution in [3.8, 4) is 0 Å². The molecular weight excluding hydrogens is 236 g/mol. The van der Waals surface area contributed by atoms with Crippen molar-refractivity contribution in [3.05, 3.63) is 23.4 Å². The zero-order chi connectivity index (χ0) is 14.2. The molecule has 1 aliphatic rings. The molecular formula is C16H26N2O. The van der Waals surface area contributed by atoms with Crippen LogP contribution in [0.25, 0.3) is 0 Å². The summed E-state index contributed by atoms with van der Waals surface area (Å²) in [6.07, 6.45) is 4.70. The number of nitrogens with zero attached hydrogens (tertiary/aromatic N) is 1. The average Bonchev–Trinajstić information content (AvgIpc) is 2.31. The Morgan fingerprint density at radius 3 is 2.68 bits per heavy atom. The Balaban J connectivity index is 2.33. The summed E-state index contributed by atoms with van der Waals surface area (Å²) in [7, 11) is 0. The Bertz CT molecular complexity index is 456. The second-order valence-corrected chi connectivity index (χ2v) is 6.76. The monoisotopic (exact) mass is 262 g/mol. The van der Waals surface area contributed by atoms with E-state index < -0.39 is 0 Å². The third-order valence-electron chi connectivity index (χ3n) is 4.76. The van der Waals surface area contributed by atoms with Gasteiger partial charge in [-0.1, -0.05) is 33.3 Å². The lowest BCUT2D eigenvalue weighted by molar-refractivity contribution is 0.0144. The molecule has 2 rings (SSSR count). The van der Waals surface area contributed by atoms with Gasteiger partial charge in [0.2, 0.25) is 0 Å². The number of aromatic nitrogens is 1. The Morgan fingerprint density at radius 1 is 1.37 bits per heavy atom. The van der Waals surface area contributed by atoms with Crippen LogP contribution in [0.15, 0.2) is 12.3 Å². The van der Waals surface area contributed by atoms with Gasteiger partial charge in [-0.25, -0.2) is 4.98 Å². The molecule has 1 fully saturated rings. The van der Waals surface area contributed by atoms with Gasteiger partial charge >= 0.3 is 0 Å². The summed E-state index contributed by atoms with van der Waals surface area (Å²) < 4.78 is 0. The molecule has 1 aromatic heterocycles. The molecule has 0 amide bonds. The van der Waals surface area contributed by atoms with Gasteiger partial charge in [0.05, 0.1) is 6.10 Å². The van der Waals surface area contributed by atoms with Crippen LogP contribution in [0.3, 0.4) is 0 Å². The summed E-state index contributed by atoms with van der Waals surface area (Å²) in [5.41, 5.74) is 8.12. The molecule has 3 unspecified atom stereocenters. The first-order valence-corrected chi connectivity index (χ1v) is 7.23. The fourth-order valence-electron chi connectivity index (χ4n) is 3.49. The fourth-order valence-corrected chi connectivity index (χ4v) is 3.49. The van der Waals surface area contributed by atoms with Crippen LogP contribution in [-0.2, 0) is 5.41 Å². The SMILES string of the molecule is Cc1cnc(N)c(C(C)(C)C2CCC(C)CC2O)c1. The van der Waals surface area contributed by atoms with Crippen LogP contribution in [0, 0.1) is 18.8 Å². The van der Waals surface area contributed by atoms with E-state index in [-0.39, 0.29) is 17.4 Å². The second-order valence-electron chi connectivity index (χ2n) is 6.76. The van der Waals surface area contributed by atoms with E-state index in [1.807, 2.05) is 6.92 Å². The molecule has 106 valence electrons. The number of aliphatic hydroxyl groups is 1. The number of nitrogens with two attached hydrogens (primary N) is 1. The quantitative estimate of drug-likeness (QED) is 0.861. The van der Waals surface area contributed by atoms with Gasteiger partial charge < -0.3 is 10.8 Å². The van der Waals surface area contributed by atoms with E-state index in [4.69, 9.17) is 5.73 Å². The van der Waals surface area contributed by atoms with Crippen LogP contribution in [-0.4, -0.2) is 16.2 Å². The number of nitrogen functional groups attached to an aromatic ring is 1. The van der Waals surface area contributed by atoms with Crippen molar-refractivity contribution in [3.63, 3.8) is 0 Å². The van der Waals surface area contributed by atoms with E-state index >= 15 is 0 Å². The van der Waals surface area contributed by atoms with Crippen molar-refractivity contribution in [1.82, 2.24) is 4.98 Å². The van der Waals surface area contributed by atoms with E-state index in [9.17, 15) is 5.11 Å². The van der Waals surface area contributed by atoms with Crippen molar-refractivity contribution in [2.45, 2.75) is 58.5 Å². The molecule has 0 bridgehead atoms. The van der Waals surface area contributed by atoms with Crippen molar-refractivity contribution in [2.75, 3.05) is 5.73 Å². The molecule has 0 aromatic carbocycles. The first-order valence-electron chi connectivity index (χ1n) is 7.23. The van der Waals surface area contributed by atoms with Crippen molar-refractivity contribution in [1.29, 1.82) is 0 Å². The third-order valence-corrected chi connectivity index (χ3v) is 4.76. The number of hydrogen-bond acceptors (Lipinski definition) is 3. The third kappa shape index (κ3) is 2.76. The summed E-state index contributed by atoms with van der Waals surface area (Å²) in [5, 5.41) is 10.4. The minimum Gasteiger partial charge on any atom is -0.393 e. The van der Waals surface area contributed by atoms with Crippen LogP contribution in [0.1, 0.15) is 51.2 Å². The van der Waals surface area contributed by atoms with Gasteiger partial charge in [0.1, 0.15) is 5.82 Å². The van der Waals surface area contributed by atoms with E-state index in [0.717, 1.165) is 24.0 Å².